The summed E-state index contributed by atoms with van der Waals surface area (Å²) in [4.78, 5) is 13.2. The van der Waals surface area contributed by atoms with Gasteiger partial charge in [0.2, 0.25) is 5.91 Å². The molecule has 0 aliphatic heterocycles. The third-order valence-electron chi connectivity index (χ3n) is 6.53. The lowest BCUT2D eigenvalue weighted by Gasteiger charge is -2.59. The zero-order valence-electron chi connectivity index (χ0n) is 14.7. The highest BCUT2D eigenvalue weighted by atomic mass is 79.9. The van der Waals surface area contributed by atoms with Crippen LogP contribution < -0.4 is 5.32 Å². The van der Waals surface area contributed by atoms with Crippen LogP contribution in [0, 0.1) is 17.3 Å². The Morgan fingerprint density at radius 3 is 2.62 bits per heavy atom. The highest BCUT2D eigenvalue weighted by Crippen LogP contribution is 2.64. The predicted molar refractivity (Wildman–Crippen MR) is 102 cm³/mol. The van der Waals surface area contributed by atoms with Crippen LogP contribution in [0.3, 0.4) is 0 Å². The molecule has 5 nitrogen and oxygen atoms in total. The van der Waals surface area contributed by atoms with Crippen LogP contribution in [-0.2, 0) is 11.3 Å². The molecule has 1 aromatic heterocycles. The van der Waals surface area contributed by atoms with Crippen molar-refractivity contribution in [2.45, 2.75) is 49.4 Å². The molecule has 0 radical (unpaired) electrons. The molecule has 4 fully saturated rings. The molecule has 136 valence electrons. The van der Waals surface area contributed by atoms with Gasteiger partial charge in [0, 0.05) is 10.0 Å². The Morgan fingerprint density at radius 2 is 1.92 bits per heavy atom. The van der Waals surface area contributed by atoms with E-state index >= 15 is 0 Å². The smallest absolute Gasteiger partial charge is 0.226 e. The molecule has 1 N–H and O–H groups in total. The van der Waals surface area contributed by atoms with Gasteiger partial charge in [-0.2, -0.15) is 0 Å². The molecule has 0 saturated heterocycles. The van der Waals surface area contributed by atoms with Gasteiger partial charge in [-0.15, -0.1) is 10.2 Å². The number of amides is 1. The molecule has 2 aromatic rings. The van der Waals surface area contributed by atoms with Crippen LogP contribution in [0.1, 0.15) is 44.3 Å². The number of hydrogen-bond acceptors (Lipinski definition) is 3. The molecule has 2 unspecified atom stereocenters. The second-order valence-electron chi connectivity index (χ2n) is 8.53. The van der Waals surface area contributed by atoms with Gasteiger partial charge < -0.3 is 5.32 Å². The molecule has 1 heterocycles. The van der Waals surface area contributed by atoms with E-state index in [1.165, 1.54) is 19.3 Å². The Kier molecular flexibility index (Phi) is 3.75. The standard InChI is InChI=1S/C20H23BrN4O/c21-20-9-14-6-15(10-20)8-19(7-14,12-20)18(26)22-11-17-24-23-13-25(17)16-4-2-1-3-5-16/h1-5,13-15H,6-12H2,(H,22,26). The number of para-hydroxylation sites is 1. The van der Waals surface area contributed by atoms with Crippen molar-refractivity contribution < 1.29 is 4.79 Å². The summed E-state index contributed by atoms with van der Waals surface area (Å²) in [6.45, 7) is 0.417. The zero-order valence-corrected chi connectivity index (χ0v) is 16.3. The molecular formula is C20H23BrN4O. The third-order valence-corrected chi connectivity index (χ3v) is 7.46. The van der Waals surface area contributed by atoms with Gasteiger partial charge in [-0.25, -0.2) is 0 Å². The van der Waals surface area contributed by atoms with Crippen molar-refractivity contribution in [3.8, 4) is 5.69 Å². The second kappa shape index (κ2) is 5.91. The Balaban J connectivity index is 1.33. The topological polar surface area (TPSA) is 59.8 Å². The minimum atomic E-state index is -0.189. The highest BCUT2D eigenvalue weighted by molar-refractivity contribution is 9.10. The summed E-state index contributed by atoms with van der Waals surface area (Å²) in [5.74, 6) is 2.38. The number of carbonyl (C=O) groups is 1. The minimum absolute atomic E-state index is 0.189. The van der Waals surface area contributed by atoms with Crippen LogP contribution in [0.4, 0.5) is 0 Å². The largest absolute Gasteiger partial charge is 0.348 e. The van der Waals surface area contributed by atoms with Crippen molar-refractivity contribution in [3.05, 3.63) is 42.5 Å². The van der Waals surface area contributed by atoms with E-state index in [9.17, 15) is 4.79 Å². The number of aromatic nitrogens is 3. The first-order chi connectivity index (χ1) is 12.6. The van der Waals surface area contributed by atoms with E-state index in [1.807, 2.05) is 34.9 Å². The first kappa shape index (κ1) is 16.5. The van der Waals surface area contributed by atoms with E-state index in [0.29, 0.717) is 18.4 Å². The van der Waals surface area contributed by atoms with Crippen LogP contribution in [0.25, 0.3) is 5.69 Å². The summed E-state index contributed by atoms with van der Waals surface area (Å²) >= 11 is 3.99. The number of rotatable bonds is 4. The molecule has 6 rings (SSSR count). The van der Waals surface area contributed by atoms with Gasteiger partial charge in [-0.3, -0.25) is 9.36 Å². The van der Waals surface area contributed by atoms with Crippen LogP contribution >= 0.6 is 15.9 Å². The monoisotopic (exact) mass is 414 g/mol. The Morgan fingerprint density at radius 1 is 1.19 bits per heavy atom. The SMILES string of the molecule is O=C(NCc1nncn1-c1ccccc1)C12CC3CC(CC(Br)(C3)C1)C2. The van der Waals surface area contributed by atoms with Crippen molar-refractivity contribution in [3.63, 3.8) is 0 Å². The highest BCUT2D eigenvalue weighted by Gasteiger charge is 2.59. The van der Waals surface area contributed by atoms with Crippen LogP contribution in [0.5, 0.6) is 0 Å². The number of carbonyl (C=O) groups excluding carboxylic acids is 1. The van der Waals surface area contributed by atoms with E-state index in [0.717, 1.165) is 30.8 Å². The summed E-state index contributed by atoms with van der Waals surface area (Å²) < 4.78 is 2.13. The van der Waals surface area contributed by atoms with E-state index in [1.54, 1.807) is 6.33 Å². The normalized spacial score (nSPS) is 34.8. The van der Waals surface area contributed by atoms with Gasteiger partial charge >= 0.3 is 0 Å². The summed E-state index contributed by atoms with van der Waals surface area (Å²) in [5.41, 5.74) is 0.821. The Hall–Kier alpha value is -1.69. The third kappa shape index (κ3) is 2.70. The van der Waals surface area contributed by atoms with Crippen molar-refractivity contribution in [1.82, 2.24) is 20.1 Å². The molecule has 4 saturated carbocycles. The first-order valence-electron chi connectivity index (χ1n) is 9.47. The second-order valence-corrected chi connectivity index (χ2v) is 10.2. The van der Waals surface area contributed by atoms with Gasteiger partial charge in [0.25, 0.3) is 0 Å². The number of benzene rings is 1. The average molecular weight is 415 g/mol. The predicted octanol–water partition coefficient (Wildman–Crippen LogP) is 3.62. The molecule has 26 heavy (non-hydrogen) atoms. The van der Waals surface area contributed by atoms with Crippen molar-refractivity contribution in [2.24, 2.45) is 17.3 Å². The summed E-state index contributed by atoms with van der Waals surface area (Å²) in [5, 5.41) is 11.4. The maximum atomic E-state index is 13.2. The lowest BCUT2D eigenvalue weighted by molar-refractivity contribution is -0.144. The number of halogens is 1. The first-order valence-corrected chi connectivity index (χ1v) is 10.3. The number of nitrogens with one attached hydrogen (secondary N) is 1. The molecule has 1 aromatic carbocycles. The zero-order chi connectivity index (χ0) is 17.8. The minimum Gasteiger partial charge on any atom is -0.348 e. The molecule has 1 amide bonds. The van der Waals surface area contributed by atoms with Crippen molar-refractivity contribution in [1.29, 1.82) is 0 Å². The van der Waals surface area contributed by atoms with Gasteiger partial charge in [0.15, 0.2) is 5.82 Å². The molecule has 2 atom stereocenters. The summed E-state index contributed by atoms with van der Waals surface area (Å²) in [7, 11) is 0. The van der Waals surface area contributed by atoms with E-state index in [2.05, 4.69) is 31.4 Å². The molecule has 4 aliphatic carbocycles. The molecule has 6 heteroatoms. The number of hydrogen-bond donors (Lipinski definition) is 1. The van der Waals surface area contributed by atoms with E-state index in [-0.39, 0.29) is 15.6 Å². The summed E-state index contributed by atoms with van der Waals surface area (Å²) in [6.07, 6.45) is 8.56. The molecular weight excluding hydrogens is 392 g/mol. The number of alkyl halides is 1. The fourth-order valence-corrected chi connectivity index (χ4v) is 7.40. The van der Waals surface area contributed by atoms with Crippen LogP contribution in [0.2, 0.25) is 0 Å². The fraction of sp³-hybridized carbons (Fsp3) is 0.550. The van der Waals surface area contributed by atoms with E-state index in [4.69, 9.17) is 0 Å². The maximum absolute atomic E-state index is 13.2. The van der Waals surface area contributed by atoms with Gasteiger partial charge in [0.05, 0.1) is 12.0 Å². The lowest BCUT2D eigenvalue weighted by Crippen LogP contribution is -2.58. The molecule has 4 bridgehead atoms. The quantitative estimate of drug-likeness (QED) is 0.777. The maximum Gasteiger partial charge on any atom is 0.226 e. The Bertz CT molecular complexity index is 819. The summed E-state index contributed by atoms with van der Waals surface area (Å²) in [6, 6.07) is 9.99. The average Bonchev–Trinajstić information content (AvgIpc) is 3.07. The van der Waals surface area contributed by atoms with Crippen LogP contribution in [-0.4, -0.2) is 25.0 Å². The van der Waals surface area contributed by atoms with Crippen LogP contribution in [0.15, 0.2) is 36.7 Å². The van der Waals surface area contributed by atoms with Gasteiger partial charge in [0.1, 0.15) is 6.33 Å². The lowest BCUT2D eigenvalue weighted by atomic mass is 9.49. The molecule has 0 spiro atoms. The van der Waals surface area contributed by atoms with Crippen molar-refractivity contribution in [2.75, 3.05) is 0 Å². The van der Waals surface area contributed by atoms with Gasteiger partial charge in [-0.1, -0.05) is 34.1 Å². The van der Waals surface area contributed by atoms with Gasteiger partial charge in [-0.05, 0) is 62.5 Å². The number of nitrogens with zero attached hydrogens (tertiary/aromatic N) is 3. The van der Waals surface area contributed by atoms with Crippen molar-refractivity contribution >= 4 is 21.8 Å². The fourth-order valence-electron chi connectivity index (χ4n) is 5.95. The Labute approximate surface area is 161 Å². The van der Waals surface area contributed by atoms with E-state index < -0.39 is 0 Å². The molecule has 4 aliphatic rings.